The van der Waals surface area contributed by atoms with Crippen molar-refractivity contribution in [3.63, 3.8) is 0 Å². The summed E-state index contributed by atoms with van der Waals surface area (Å²) in [5.41, 5.74) is 0. The second-order valence-corrected chi connectivity index (χ2v) is 18.0. The number of unbranched alkanes of at least 4 members (excludes halogenated alkanes) is 14. The van der Waals surface area contributed by atoms with E-state index in [2.05, 4.69) is 38.9 Å². The maximum Gasteiger partial charge on any atom is -0.0393 e. The summed E-state index contributed by atoms with van der Waals surface area (Å²) in [7, 11) is 1.89. The standard InChI is InChI=1S/C26H56ClP.ClH2P/c1-5-9-13-14-15-16-17-18-19-20-21-22-26-28(27,23-10-6-2,24-11-7-3)25-12-8-4;1-2/h5-26H2,1-4H3;2H2. The van der Waals surface area contributed by atoms with Crippen LogP contribution in [0.5, 0.6) is 0 Å². The minimum absolute atomic E-state index is 1.31. The van der Waals surface area contributed by atoms with Gasteiger partial charge in [0.05, 0.1) is 0 Å². The summed E-state index contributed by atoms with van der Waals surface area (Å²) in [6.07, 6.45) is 30.7. The maximum atomic E-state index is 7.70. The summed E-state index contributed by atoms with van der Waals surface area (Å²) in [5.74, 6) is -1.97. The zero-order valence-corrected chi connectivity index (χ0v) is 24.9. The van der Waals surface area contributed by atoms with Gasteiger partial charge in [0.15, 0.2) is 0 Å². The summed E-state index contributed by atoms with van der Waals surface area (Å²) in [5, 5.41) is 0. The normalized spacial score (nSPS) is 12.8. The molecule has 186 valence electrons. The SMILES string of the molecule is CCCCCCCCCCCCCCP(Cl)(CCCC)(CCCC)CCCC.PCl. The molecule has 1 atom stereocenters. The van der Waals surface area contributed by atoms with E-state index in [1.54, 1.807) is 0 Å². The van der Waals surface area contributed by atoms with E-state index in [4.69, 9.17) is 11.2 Å². The Hall–Kier alpha value is 1.44. The largest absolute Gasteiger partial charge is 0.104 e. The van der Waals surface area contributed by atoms with Gasteiger partial charge in [-0.3, -0.25) is 0 Å². The van der Waals surface area contributed by atoms with Crippen LogP contribution in [-0.2, 0) is 0 Å². The molecule has 0 aromatic carbocycles. The van der Waals surface area contributed by atoms with Gasteiger partial charge in [-0.15, -0.1) is 11.2 Å². The van der Waals surface area contributed by atoms with Crippen molar-refractivity contribution in [1.82, 2.24) is 0 Å². The summed E-state index contributed by atoms with van der Waals surface area (Å²) >= 11 is 12.3. The van der Waals surface area contributed by atoms with Crippen molar-refractivity contribution in [3.05, 3.63) is 0 Å². The third-order valence-electron chi connectivity index (χ3n) is 6.78. The molecular formula is C26H58Cl2P2. The van der Waals surface area contributed by atoms with Crippen LogP contribution in [0.1, 0.15) is 143 Å². The Morgan fingerprint density at radius 1 is 0.400 bits per heavy atom. The molecule has 0 nitrogen and oxygen atoms in total. The third-order valence-corrected chi connectivity index (χ3v) is 14.5. The Bertz CT molecular complexity index is 312. The molecule has 0 N–H and O–H groups in total. The monoisotopic (exact) mass is 502 g/mol. The van der Waals surface area contributed by atoms with Gasteiger partial charge in [0.1, 0.15) is 0 Å². The molecule has 1 unspecified atom stereocenters. The van der Waals surface area contributed by atoms with E-state index in [0.29, 0.717) is 0 Å². The molecule has 0 aliphatic heterocycles. The van der Waals surface area contributed by atoms with E-state index in [9.17, 15) is 0 Å². The molecule has 0 aliphatic rings. The van der Waals surface area contributed by atoms with Crippen LogP contribution in [-0.4, -0.2) is 24.6 Å². The van der Waals surface area contributed by atoms with Crippen molar-refractivity contribution in [1.29, 1.82) is 0 Å². The fraction of sp³-hybridized carbons (Fsp3) is 1.00. The molecule has 0 heterocycles. The Labute approximate surface area is 204 Å². The summed E-state index contributed by atoms with van der Waals surface area (Å²) < 4.78 is 0. The predicted octanol–water partition coefficient (Wildman–Crippen LogP) is 11.8. The summed E-state index contributed by atoms with van der Waals surface area (Å²) in [6.45, 7) is 9.31. The van der Waals surface area contributed by atoms with Gasteiger partial charge < -0.3 is 0 Å². The van der Waals surface area contributed by atoms with E-state index >= 15 is 0 Å². The van der Waals surface area contributed by atoms with Crippen molar-refractivity contribution in [2.24, 2.45) is 0 Å². The first-order valence-corrected chi connectivity index (χ1v) is 19.1. The first kappa shape index (κ1) is 33.6. The van der Waals surface area contributed by atoms with Gasteiger partial charge in [-0.1, -0.05) is 13.3 Å². The maximum absolute atomic E-state index is 7.70. The van der Waals surface area contributed by atoms with E-state index in [1.807, 2.05) is 8.59 Å². The molecule has 0 aromatic heterocycles. The first-order valence-electron chi connectivity index (χ1n) is 13.5. The zero-order valence-electron chi connectivity index (χ0n) is 21.3. The fourth-order valence-electron chi connectivity index (χ4n) is 4.68. The minimum atomic E-state index is -1.97. The first-order chi connectivity index (χ1) is 14.5. The smallest absolute Gasteiger partial charge is 0.0393 e. The zero-order chi connectivity index (χ0) is 23.0. The number of hydrogen-bond donors (Lipinski definition) is 0. The van der Waals surface area contributed by atoms with E-state index in [1.165, 1.54) is 140 Å². The van der Waals surface area contributed by atoms with Crippen LogP contribution in [0.15, 0.2) is 0 Å². The van der Waals surface area contributed by atoms with Crippen LogP contribution in [0, 0.1) is 0 Å². The molecule has 0 rings (SSSR count). The fourth-order valence-corrected chi connectivity index (χ4v) is 11.8. The molecule has 0 aliphatic carbocycles. The molecule has 0 saturated heterocycles. The van der Waals surface area contributed by atoms with E-state index < -0.39 is 5.96 Å². The van der Waals surface area contributed by atoms with Gasteiger partial charge >= 0.3 is 172 Å². The molecule has 0 aromatic rings. The summed E-state index contributed by atoms with van der Waals surface area (Å²) in [4.78, 5) is 0. The van der Waals surface area contributed by atoms with E-state index in [0.717, 1.165) is 0 Å². The third kappa shape index (κ3) is 19.0. The van der Waals surface area contributed by atoms with Crippen LogP contribution in [0.2, 0.25) is 0 Å². The molecule has 0 bridgehead atoms. The molecule has 0 fully saturated rings. The van der Waals surface area contributed by atoms with Gasteiger partial charge in [0.2, 0.25) is 0 Å². The van der Waals surface area contributed by atoms with Crippen LogP contribution >= 0.6 is 37.0 Å². The van der Waals surface area contributed by atoms with E-state index in [-0.39, 0.29) is 0 Å². The Morgan fingerprint density at radius 2 is 0.633 bits per heavy atom. The van der Waals surface area contributed by atoms with Crippen LogP contribution in [0.3, 0.4) is 0 Å². The van der Waals surface area contributed by atoms with Gasteiger partial charge in [-0.05, 0) is 8.59 Å². The van der Waals surface area contributed by atoms with Crippen LogP contribution in [0.4, 0.5) is 0 Å². The molecule has 30 heavy (non-hydrogen) atoms. The molecule has 4 heteroatoms. The van der Waals surface area contributed by atoms with Gasteiger partial charge in [0.25, 0.3) is 0 Å². The Morgan fingerprint density at radius 3 is 0.933 bits per heavy atom. The average Bonchev–Trinajstić information content (AvgIpc) is 2.78. The summed E-state index contributed by atoms with van der Waals surface area (Å²) in [6, 6.07) is 0. The average molecular weight is 504 g/mol. The van der Waals surface area contributed by atoms with Crippen molar-refractivity contribution in [2.45, 2.75) is 143 Å². The minimum Gasteiger partial charge on any atom is -0.104 e. The van der Waals surface area contributed by atoms with Crippen LogP contribution in [0.25, 0.3) is 0 Å². The van der Waals surface area contributed by atoms with Crippen LogP contribution < -0.4 is 0 Å². The van der Waals surface area contributed by atoms with Crippen molar-refractivity contribution in [2.75, 3.05) is 24.6 Å². The predicted molar refractivity (Wildman–Crippen MR) is 154 cm³/mol. The van der Waals surface area contributed by atoms with Crippen molar-refractivity contribution < 1.29 is 0 Å². The quantitative estimate of drug-likeness (QED) is 0.102. The van der Waals surface area contributed by atoms with Gasteiger partial charge in [-0.25, -0.2) is 0 Å². The molecule has 0 amide bonds. The Balaban J connectivity index is 0. The topological polar surface area (TPSA) is 0 Å². The molecule has 0 saturated carbocycles. The van der Waals surface area contributed by atoms with Gasteiger partial charge in [-0.2, -0.15) is 0 Å². The van der Waals surface area contributed by atoms with Crippen molar-refractivity contribution in [3.8, 4) is 0 Å². The van der Waals surface area contributed by atoms with Gasteiger partial charge in [0, 0.05) is 0 Å². The number of rotatable bonds is 22. The molecule has 0 spiro atoms. The second kappa shape index (κ2) is 23.6. The number of halogens is 2. The van der Waals surface area contributed by atoms with Crippen molar-refractivity contribution >= 4 is 37.0 Å². The second-order valence-electron chi connectivity index (χ2n) is 9.66. The molecule has 0 radical (unpaired) electrons. The Kier molecular flexibility index (Phi) is 26.4. The number of hydrogen-bond acceptors (Lipinski definition) is 0. The molecular weight excluding hydrogens is 445 g/mol.